The molecule has 1 heterocycles. The molecule has 1 aliphatic rings. The summed E-state index contributed by atoms with van der Waals surface area (Å²) in [7, 11) is 1.87. The first-order valence-electron chi connectivity index (χ1n) is 13.4. The second-order valence-electron chi connectivity index (χ2n) is 9.31. The molecule has 1 fully saturated rings. The predicted octanol–water partition coefficient (Wildman–Crippen LogP) is 4.93. The maximum absolute atomic E-state index is 13.0. The third kappa shape index (κ3) is 12.1. The molecule has 1 amide bonds. The number of aliphatic imine (C=N–C) groups is 3. The first kappa shape index (κ1) is 32.5. The van der Waals surface area contributed by atoms with E-state index in [-0.39, 0.29) is 18.0 Å². The highest BCUT2D eigenvalue weighted by Crippen LogP contribution is 2.18. The lowest BCUT2D eigenvalue weighted by Gasteiger charge is -2.21. The van der Waals surface area contributed by atoms with Gasteiger partial charge in [-0.2, -0.15) is 0 Å². The Hall–Kier alpha value is -3.55. The molecule has 1 saturated heterocycles. The third-order valence-corrected chi connectivity index (χ3v) is 5.93. The number of nitrogens with one attached hydrogen (secondary N) is 2. The molecule has 38 heavy (non-hydrogen) atoms. The van der Waals surface area contributed by atoms with Gasteiger partial charge in [-0.15, -0.1) is 0 Å². The molecule has 208 valence electrons. The second kappa shape index (κ2) is 18.7. The SMILES string of the molecule is C\C=C/N=C/C(=C/C(=C\C)CNC(=O)C1CCC(=N/C=C(\C=O)NC/C(C=NC(C)C)=C/C)N1C)CCC. The van der Waals surface area contributed by atoms with Gasteiger partial charge >= 0.3 is 0 Å². The Bertz CT molecular complexity index is 1010. The van der Waals surface area contributed by atoms with Gasteiger partial charge in [-0.25, -0.2) is 4.99 Å². The first-order valence-corrected chi connectivity index (χ1v) is 13.4. The van der Waals surface area contributed by atoms with E-state index in [0.717, 1.165) is 41.7 Å². The molecular formula is C30H46N6O2. The zero-order valence-electron chi connectivity index (χ0n) is 24.2. The lowest BCUT2D eigenvalue weighted by Crippen LogP contribution is -2.43. The third-order valence-electron chi connectivity index (χ3n) is 5.93. The maximum atomic E-state index is 13.0. The number of nitrogens with zero attached hydrogens (tertiary/aromatic N) is 4. The van der Waals surface area contributed by atoms with Crippen LogP contribution in [0.2, 0.25) is 0 Å². The van der Waals surface area contributed by atoms with Gasteiger partial charge in [-0.1, -0.05) is 37.6 Å². The fourth-order valence-electron chi connectivity index (χ4n) is 3.68. The summed E-state index contributed by atoms with van der Waals surface area (Å²) in [4.78, 5) is 39.6. The zero-order chi connectivity index (χ0) is 28.3. The van der Waals surface area contributed by atoms with Crippen LogP contribution in [0.5, 0.6) is 0 Å². The first-order chi connectivity index (χ1) is 18.3. The highest BCUT2D eigenvalue weighted by atomic mass is 16.2. The van der Waals surface area contributed by atoms with Crippen LogP contribution in [0.1, 0.15) is 67.2 Å². The molecule has 0 aromatic heterocycles. The number of hydrogen-bond donors (Lipinski definition) is 2. The molecule has 0 aliphatic carbocycles. The fourth-order valence-corrected chi connectivity index (χ4v) is 3.68. The van der Waals surface area contributed by atoms with Gasteiger partial charge in [0, 0.05) is 51.2 Å². The van der Waals surface area contributed by atoms with E-state index in [2.05, 4.69) is 38.6 Å². The van der Waals surface area contributed by atoms with Crippen molar-refractivity contribution < 1.29 is 9.59 Å². The van der Waals surface area contributed by atoms with Crippen molar-refractivity contribution in [2.24, 2.45) is 15.0 Å². The van der Waals surface area contributed by atoms with Crippen LogP contribution in [-0.4, -0.2) is 67.6 Å². The van der Waals surface area contributed by atoms with E-state index in [0.29, 0.717) is 31.6 Å². The van der Waals surface area contributed by atoms with Gasteiger partial charge in [0.25, 0.3) is 0 Å². The topological polar surface area (TPSA) is 98.5 Å². The number of rotatable bonds is 15. The van der Waals surface area contributed by atoms with Crippen LogP contribution in [0, 0.1) is 0 Å². The molecule has 0 radical (unpaired) electrons. The zero-order valence-corrected chi connectivity index (χ0v) is 24.2. The Labute approximate surface area is 229 Å². The largest absolute Gasteiger partial charge is 0.377 e. The van der Waals surface area contributed by atoms with E-state index < -0.39 is 0 Å². The van der Waals surface area contributed by atoms with Crippen molar-refractivity contribution in [2.45, 2.75) is 79.3 Å². The number of aldehydes is 1. The van der Waals surface area contributed by atoms with Crippen LogP contribution in [0.25, 0.3) is 0 Å². The summed E-state index contributed by atoms with van der Waals surface area (Å²) in [6.45, 7) is 12.9. The molecule has 1 aliphatic heterocycles. The minimum Gasteiger partial charge on any atom is -0.377 e. The number of hydrogen-bond acceptors (Lipinski definition) is 6. The van der Waals surface area contributed by atoms with Crippen LogP contribution < -0.4 is 10.6 Å². The smallest absolute Gasteiger partial charge is 0.243 e. The Kier molecular flexibility index (Phi) is 15.9. The summed E-state index contributed by atoms with van der Waals surface area (Å²) in [6.07, 6.45) is 19.0. The molecule has 0 aromatic carbocycles. The van der Waals surface area contributed by atoms with E-state index in [1.54, 1.807) is 6.20 Å². The standard InChI is InChI=1S/C30H46N6O2/c1-8-12-26(17-31-15-9-2)16-24(10-3)18-35-30(38)28-13-14-29(36(28)7)34-21-27(22-37)33-20-25(11-4)19-32-23(5)6/h9-11,15-17,19,21-23,28,33H,8,12-14,18,20H2,1-7H3,(H,35,38)/b15-9-,24-10+,25-11+,26-16+,27-21+,31-17+,32-19?,34-29?. The number of carbonyl (C=O) groups excluding carboxylic acids is 2. The number of amides is 1. The van der Waals surface area contributed by atoms with Gasteiger partial charge in [0.1, 0.15) is 11.9 Å². The van der Waals surface area contributed by atoms with Crippen molar-refractivity contribution in [3.63, 3.8) is 0 Å². The minimum atomic E-state index is -0.301. The molecule has 8 nitrogen and oxygen atoms in total. The summed E-state index contributed by atoms with van der Waals surface area (Å²) < 4.78 is 0. The van der Waals surface area contributed by atoms with Crippen molar-refractivity contribution in [3.05, 3.63) is 59.1 Å². The molecule has 1 rings (SSSR count). The summed E-state index contributed by atoms with van der Waals surface area (Å²) in [6, 6.07) is -0.0900. The molecule has 1 atom stereocenters. The average Bonchev–Trinajstić information content (AvgIpc) is 3.27. The van der Waals surface area contributed by atoms with Crippen LogP contribution in [0.15, 0.2) is 74.1 Å². The van der Waals surface area contributed by atoms with E-state index in [4.69, 9.17) is 0 Å². The lowest BCUT2D eigenvalue weighted by molar-refractivity contribution is -0.124. The molecule has 0 aromatic rings. The van der Waals surface area contributed by atoms with E-state index in [9.17, 15) is 9.59 Å². The molecule has 0 bridgehead atoms. The number of carbonyl (C=O) groups is 2. The normalized spacial score (nSPS) is 19.1. The Morgan fingerprint density at radius 1 is 1.08 bits per heavy atom. The molecule has 0 saturated carbocycles. The van der Waals surface area contributed by atoms with E-state index >= 15 is 0 Å². The van der Waals surface area contributed by atoms with Gasteiger partial charge in [-0.05, 0) is 64.2 Å². The van der Waals surface area contributed by atoms with Gasteiger partial charge in [0.05, 0.1) is 11.9 Å². The van der Waals surface area contributed by atoms with Gasteiger partial charge < -0.3 is 15.5 Å². The highest BCUT2D eigenvalue weighted by molar-refractivity contribution is 5.94. The number of amidine groups is 1. The Morgan fingerprint density at radius 2 is 1.79 bits per heavy atom. The monoisotopic (exact) mass is 522 g/mol. The Balaban J connectivity index is 2.78. The van der Waals surface area contributed by atoms with E-state index in [1.165, 1.54) is 6.20 Å². The maximum Gasteiger partial charge on any atom is 0.243 e. The number of likely N-dealkylation sites (N-methyl/N-ethyl adjacent to an activating group) is 1. The van der Waals surface area contributed by atoms with Crippen LogP contribution in [0.3, 0.4) is 0 Å². The van der Waals surface area contributed by atoms with E-state index in [1.807, 2.05) is 77.2 Å². The van der Waals surface area contributed by atoms with Crippen LogP contribution in [0.4, 0.5) is 0 Å². The van der Waals surface area contributed by atoms with Crippen molar-refractivity contribution in [3.8, 4) is 0 Å². The lowest BCUT2D eigenvalue weighted by atomic mass is 10.1. The highest BCUT2D eigenvalue weighted by Gasteiger charge is 2.31. The number of likely N-dealkylation sites (tertiary alicyclic amines) is 1. The molecule has 1 unspecified atom stereocenters. The predicted molar refractivity (Wildman–Crippen MR) is 161 cm³/mol. The van der Waals surface area contributed by atoms with Crippen molar-refractivity contribution in [2.75, 3.05) is 20.1 Å². The fraction of sp³-hybridized carbons (Fsp3) is 0.500. The summed E-state index contributed by atoms with van der Waals surface area (Å²) in [5.41, 5.74) is 3.52. The minimum absolute atomic E-state index is 0.0371. The van der Waals surface area contributed by atoms with Crippen molar-refractivity contribution in [1.29, 1.82) is 0 Å². The average molecular weight is 523 g/mol. The molecule has 2 N–H and O–H groups in total. The number of allylic oxidation sites excluding steroid dienone is 5. The van der Waals surface area contributed by atoms with Gasteiger partial charge in [-0.3, -0.25) is 19.6 Å². The second-order valence-corrected chi connectivity index (χ2v) is 9.31. The van der Waals surface area contributed by atoms with Crippen molar-refractivity contribution in [1.82, 2.24) is 15.5 Å². The Morgan fingerprint density at radius 3 is 2.39 bits per heavy atom. The van der Waals surface area contributed by atoms with Crippen LogP contribution in [-0.2, 0) is 9.59 Å². The quantitative estimate of drug-likeness (QED) is 0.138. The summed E-state index contributed by atoms with van der Waals surface area (Å²) >= 11 is 0. The van der Waals surface area contributed by atoms with Crippen molar-refractivity contribution >= 4 is 30.5 Å². The van der Waals surface area contributed by atoms with Crippen LogP contribution >= 0.6 is 0 Å². The summed E-state index contributed by atoms with van der Waals surface area (Å²) in [5, 5.41) is 6.17. The summed E-state index contributed by atoms with van der Waals surface area (Å²) in [5.74, 6) is 0.737. The van der Waals surface area contributed by atoms with Gasteiger partial charge in [0.15, 0.2) is 6.29 Å². The van der Waals surface area contributed by atoms with Gasteiger partial charge in [0.2, 0.25) is 5.91 Å². The molecule has 0 spiro atoms. The molecule has 8 heteroatoms. The molecular weight excluding hydrogens is 476 g/mol.